The smallest absolute Gasteiger partial charge is 0.159 e. The molecule has 0 saturated carbocycles. The molecule has 4 heterocycles. The Balaban J connectivity index is 0.926. The van der Waals surface area contributed by atoms with Gasteiger partial charge in [0.1, 0.15) is 17.6 Å². The van der Waals surface area contributed by atoms with Crippen molar-refractivity contribution in [1.29, 1.82) is 0 Å². The molecule has 0 aliphatic carbocycles. The van der Waals surface area contributed by atoms with Crippen LogP contribution in [0, 0.1) is 0 Å². The molecule has 3 aromatic heterocycles. The summed E-state index contributed by atoms with van der Waals surface area (Å²) < 4.78 is 11.6. The van der Waals surface area contributed by atoms with Crippen LogP contribution < -0.4 is 5.32 Å². The molecule has 0 bridgehead atoms. The second-order valence-electron chi connectivity index (χ2n) is 14.6. The van der Waals surface area contributed by atoms with Crippen molar-refractivity contribution in [3.63, 3.8) is 0 Å². The minimum absolute atomic E-state index is 0.240. The molecular weight excluding hydrogens is 717 g/mol. The molecule has 268 valence electrons. The molecule has 1 unspecified atom stereocenters. The number of fused-ring (bicyclic) bond motifs is 9. The second-order valence-corrected chi connectivity index (χ2v) is 15.7. The van der Waals surface area contributed by atoms with Gasteiger partial charge >= 0.3 is 0 Å². The topological polar surface area (TPSA) is 54.8 Å². The lowest BCUT2D eigenvalue weighted by atomic mass is 10.0. The molecule has 1 aliphatic heterocycles. The van der Waals surface area contributed by atoms with Gasteiger partial charge in [-0.25, -0.2) is 9.98 Å². The van der Waals surface area contributed by atoms with Gasteiger partial charge in [-0.2, -0.15) is 0 Å². The zero-order valence-corrected chi connectivity index (χ0v) is 31.4. The van der Waals surface area contributed by atoms with Crippen LogP contribution in [0.15, 0.2) is 196 Å². The number of rotatable bonds is 5. The van der Waals surface area contributed by atoms with E-state index in [1.165, 1.54) is 42.0 Å². The van der Waals surface area contributed by atoms with Crippen LogP contribution in [-0.2, 0) is 0 Å². The Morgan fingerprint density at radius 2 is 1.16 bits per heavy atom. The Hall–Kier alpha value is -7.28. The summed E-state index contributed by atoms with van der Waals surface area (Å²) in [6.45, 7) is 0. The molecule has 12 rings (SSSR count). The van der Waals surface area contributed by atoms with E-state index in [0.717, 1.165) is 67.1 Å². The van der Waals surface area contributed by atoms with Crippen molar-refractivity contribution < 1.29 is 4.42 Å². The lowest BCUT2D eigenvalue weighted by Crippen LogP contribution is -2.33. The van der Waals surface area contributed by atoms with E-state index < -0.39 is 0 Å². The van der Waals surface area contributed by atoms with E-state index in [9.17, 15) is 0 Å². The maximum atomic E-state index is 6.80. The maximum Gasteiger partial charge on any atom is 0.159 e. The summed E-state index contributed by atoms with van der Waals surface area (Å²) in [6.07, 6.45) is -0.240. The molecule has 0 radical (unpaired) electrons. The van der Waals surface area contributed by atoms with Crippen molar-refractivity contribution in [2.24, 2.45) is 9.98 Å². The quantitative estimate of drug-likeness (QED) is 0.191. The molecular formula is C51H32N4OS. The third kappa shape index (κ3) is 5.15. The minimum atomic E-state index is -0.240. The predicted octanol–water partition coefficient (Wildman–Crippen LogP) is 13.2. The first kappa shape index (κ1) is 32.0. The van der Waals surface area contributed by atoms with Crippen molar-refractivity contribution in [3.05, 3.63) is 199 Å². The highest BCUT2D eigenvalue weighted by Gasteiger charge is 2.22. The average Bonchev–Trinajstić information content (AvgIpc) is 3.95. The van der Waals surface area contributed by atoms with E-state index in [-0.39, 0.29) is 6.17 Å². The van der Waals surface area contributed by atoms with Gasteiger partial charge < -0.3 is 14.3 Å². The van der Waals surface area contributed by atoms with Crippen molar-refractivity contribution in [1.82, 2.24) is 9.88 Å². The monoisotopic (exact) mass is 748 g/mol. The zero-order chi connectivity index (χ0) is 37.5. The Bertz CT molecular complexity index is 3390. The number of nitrogens with one attached hydrogen (secondary N) is 1. The molecule has 11 aromatic rings. The van der Waals surface area contributed by atoms with Crippen molar-refractivity contribution >= 4 is 86.9 Å². The van der Waals surface area contributed by atoms with Crippen LogP contribution >= 0.6 is 11.3 Å². The lowest BCUT2D eigenvalue weighted by molar-refractivity contribution is 0.666. The SMILES string of the molecule is c1ccc(C2=NC(c3ccccc3)NC(c3ccc4sc5cc(-c6ccc7c(c6)oc6c(-n8c9ccccc9c9ccccc98)cccc67)ccc5c4c3)=N2)cc1. The fraction of sp³-hybridized carbons (Fsp3) is 0.0196. The van der Waals surface area contributed by atoms with Gasteiger partial charge in [0.05, 0.1) is 16.7 Å². The summed E-state index contributed by atoms with van der Waals surface area (Å²) in [7, 11) is 0. The number of amidine groups is 2. The van der Waals surface area contributed by atoms with Crippen molar-refractivity contribution in [2.75, 3.05) is 0 Å². The number of aliphatic imine (C=N–C) groups is 2. The number of hydrogen-bond acceptors (Lipinski definition) is 5. The number of nitrogens with zero attached hydrogens (tertiary/aromatic N) is 3. The Morgan fingerprint density at radius 3 is 1.95 bits per heavy atom. The standard InChI is InChI=1S/C51H32N4OS/c1-3-12-31(13-4-1)49-52-50(32-14-5-2-6-15-32)54-51(53-49)35-24-27-46-41(28-35)39-26-23-34(30-47(39)57-46)33-22-25-38-40-18-11-21-44(48(40)56-45(38)29-33)55-42-19-9-7-16-36(42)37-17-8-10-20-43(37)55/h1-30,49H,(H,52,53,54). The molecule has 57 heavy (non-hydrogen) atoms. The Morgan fingerprint density at radius 1 is 0.491 bits per heavy atom. The van der Waals surface area contributed by atoms with Crippen LogP contribution in [0.1, 0.15) is 22.9 Å². The Kier molecular flexibility index (Phi) is 7.09. The van der Waals surface area contributed by atoms with Gasteiger partial charge in [-0.15, -0.1) is 11.3 Å². The number of benzene rings is 8. The number of aromatic nitrogens is 1. The molecule has 8 aromatic carbocycles. The largest absolute Gasteiger partial charge is 0.454 e. The summed E-state index contributed by atoms with van der Waals surface area (Å²) in [5.41, 5.74) is 10.6. The zero-order valence-electron chi connectivity index (χ0n) is 30.6. The summed E-state index contributed by atoms with van der Waals surface area (Å²) in [6, 6.07) is 64.4. The molecule has 0 saturated heterocycles. The van der Waals surface area contributed by atoms with Crippen LogP contribution in [0.2, 0.25) is 0 Å². The van der Waals surface area contributed by atoms with E-state index in [2.05, 4.69) is 168 Å². The van der Waals surface area contributed by atoms with Crippen LogP contribution in [0.25, 0.3) is 80.7 Å². The van der Waals surface area contributed by atoms with Gasteiger partial charge in [-0.3, -0.25) is 0 Å². The second kappa shape index (κ2) is 12.6. The van der Waals surface area contributed by atoms with Gasteiger partial charge in [0.25, 0.3) is 0 Å². The highest BCUT2D eigenvalue weighted by molar-refractivity contribution is 7.25. The van der Waals surface area contributed by atoms with Crippen LogP contribution in [-0.4, -0.2) is 16.2 Å². The average molecular weight is 749 g/mol. The third-order valence-corrected chi connectivity index (χ3v) is 12.4. The summed E-state index contributed by atoms with van der Waals surface area (Å²) in [5.74, 6) is 1.54. The van der Waals surface area contributed by atoms with E-state index in [1.54, 1.807) is 0 Å². The maximum absolute atomic E-state index is 6.80. The van der Waals surface area contributed by atoms with Gasteiger partial charge in [-0.1, -0.05) is 127 Å². The van der Waals surface area contributed by atoms with Gasteiger partial charge in [0.2, 0.25) is 0 Å². The van der Waals surface area contributed by atoms with Gasteiger partial charge in [0.15, 0.2) is 11.4 Å². The van der Waals surface area contributed by atoms with Crippen LogP contribution in [0.5, 0.6) is 0 Å². The van der Waals surface area contributed by atoms with E-state index in [0.29, 0.717) is 0 Å². The third-order valence-electron chi connectivity index (χ3n) is 11.3. The van der Waals surface area contributed by atoms with Gasteiger partial charge in [0, 0.05) is 52.8 Å². The first-order valence-corrected chi connectivity index (χ1v) is 20.0. The molecule has 1 atom stereocenters. The first-order chi connectivity index (χ1) is 28.2. The number of thiophene rings is 1. The number of furan rings is 1. The van der Waals surface area contributed by atoms with Gasteiger partial charge in [-0.05, 0) is 71.3 Å². The van der Waals surface area contributed by atoms with E-state index in [4.69, 9.17) is 14.4 Å². The molecule has 0 amide bonds. The van der Waals surface area contributed by atoms with Crippen molar-refractivity contribution in [3.8, 4) is 16.8 Å². The highest BCUT2D eigenvalue weighted by Crippen LogP contribution is 2.41. The molecule has 6 heteroatoms. The summed E-state index contributed by atoms with van der Waals surface area (Å²) in [4.78, 5) is 10.1. The molecule has 0 spiro atoms. The normalized spacial score (nSPS) is 14.5. The molecule has 5 nitrogen and oxygen atoms in total. The highest BCUT2D eigenvalue weighted by atomic mass is 32.1. The van der Waals surface area contributed by atoms with Crippen molar-refractivity contribution in [2.45, 2.75) is 6.17 Å². The fourth-order valence-electron chi connectivity index (χ4n) is 8.54. The van der Waals surface area contributed by atoms with Crippen LogP contribution in [0.3, 0.4) is 0 Å². The Labute approximate surface area is 331 Å². The fourth-order valence-corrected chi connectivity index (χ4v) is 9.67. The molecule has 1 aliphatic rings. The molecule has 1 N–H and O–H groups in total. The molecule has 0 fully saturated rings. The minimum Gasteiger partial charge on any atom is -0.454 e. The number of hydrogen-bond donors (Lipinski definition) is 1. The summed E-state index contributed by atoms with van der Waals surface area (Å²) >= 11 is 1.82. The van der Waals surface area contributed by atoms with E-state index in [1.807, 2.05) is 35.6 Å². The van der Waals surface area contributed by atoms with Crippen LogP contribution in [0.4, 0.5) is 0 Å². The van der Waals surface area contributed by atoms with E-state index >= 15 is 0 Å². The predicted molar refractivity (Wildman–Crippen MR) is 238 cm³/mol. The summed E-state index contributed by atoms with van der Waals surface area (Å²) in [5, 5.41) is 10.8. The lowest BCUT2D eigenvalue weighted by Gasteiger charge is -2.23. The first-order valence-electron chi connectivity index (χ1n) is 19.2. The number of para-hydroxylation sites is 3.